The molecule has 0 fully saturated rings. The molecule has 33 heavy (non-hydrogen) atoms. The minimum atomic E-state index is 0.330. The molecule has 0 amide bonds. The van der Waals surface area contributed by atoms with Crippen molar-refractivity contribution in [1.82, 2.24) is 15.0 Å². The highest BCUT2D eigenvalue weighted by molar-refractivity contribution is 6.33. The molecule has 0 radical (unpaired) electrons. The van der Waals surface area contributed by atoms with Crippen molar-refractivity contribution in [3.05, 3.63) is 65.6 Å². The monoisotopic (exact) mass is 461 g/mol. The Bertz CT molecular complexity index is 1310. The van der Waals surface area contributed by atoms with E-state index in [-0.39, 0.29) is 0 Å². The highest BCUT2D eigenvalue weighted by atomic mass is 35.5. The van der Waals surface area contributed by atoms with Gasteiger partial charge in [-0.15, -0.1) is 0 Å². The first-order valence-electron chi connectivity index (χ1n) is 10.9. The predicted octanol–water partition coefficient (Wildman–Crippen LogP) is 5.45. The lowest BCUT2D eigenvalue weighted by Gasteiger charge is -2.28. The smallest absolute Gasteiger partial charge is 0.157 e. The Morgan fingerprint density at radius 2 is 2.06 bits per heavy atom. The van der Waals surface area contributed by atoms with Gasteiger partial charge in [-0.05, 0) is 49.4 Å². The molecule has 4 aromatic rings. The highest BCUT2D eigenvalue weighted by Gasteiger charge is 2.16. The fourth-order valence-electron chi connectivity index (χ4n) is 3.84. The number of nitrogens with zero attached hydrogens (tertiary/aromatic N) is 4. The molecule has 168 valence electrons. The second-order valence-corrected chi connectivity index (χ2v) is 8.18. The summed E-state index contributed by atoms with van der Waals surface area (Å²) in [6.07, 6.45) is 1.73. The van der Waals surface area contributed by atoms with E-state index >= 15 is 0 Å². The normalized spacial score (nSPS) is 13.0. The zero-order valence-electron chi connectivity index (χ0n) is 18.5. The van der Waals surface area contributed by atoms with Crippen LogP contribution in [-0.4, -0.2) is 41.8 Å². The fraction of sp³-hybridized carbons (Fsp3) is 0.240. The number of anilines is 3. The number of halogens is 1. The first kappa shape index (κ1) is 21.4. The van der Waals surface area contributed by atoms with Crippen molar-refractivity contribution in [2.45, 2.75) is 13.5 Å². The third-order valence-corrected chi connectivity index (χ3v) is 5.83. The van der Waals surface area contributed by atoms with Crippen LogP contribution >= 0.6 is 11.6 Å². The van der Waals surface area contributed by atoms with Gasteiger partial charge in [0.1, 0.15) is 24.8 Å². The molecule has 7 nitrogen and oxygen atoms in total. The maximum absolute atomic E-state index is 6.38. The summed E-state index contributed by atoms with van der Waals surface area (Å²) in [4.78, 5) is 16.1. The van der Waals surface area contributed by atoms with E-state index in [1.165, 1.54) is 0 Å². The first-order chi connectivity index (χ1) is 16.1. The van der Waals surface area contributed by atoms with Crippen LogP contribution in [0.4, 0.5) is 17.2 Å². The number of aromatic nitrogens is 3. The van der Waals surface area contributed by atoms with Crippen LogP contribution in [0.25, 0.3) is 22.2 Å². The standard InChI is InChI=1S/C25H24ClN5O2/c1-3-32-15-23-29-20-13-16(24-19(26)5-4-10-27-24)6-8-18(20)25(30-23)28-17-7-9-22-21(14-17)31(2)11-12-33-22/h4-10,13-14H,3,11-12,15H2,1-2H3,(H,28,29,30). The number of rotatable bonds is 6. The summed E-state index contributed by atoms with van der Waals surface area (Å²) in [5.74, 6) is 2.21. The van der Waals surface area contributed by atoms with Gasteiger partial charge >= 0.3 is 0 Å². The number of hydrogen-bond donors (Lipinski definition) is 1. The van der Waals surface area contributed by atoms with Gasteiger partial charge in [-0.25, -0.2) is 9.97 Å². The van der Waals surface area contributed by atoms with Crippen molar-refractivity contribution in [3.63, 3.8) is 0 Å². The van der Waals surface area contributed by atoms with E-state index in [0.29, 0.717) is 36.5 Å². The summed E-state index contributed by atoms with van der Waals surface area (Å²) < 4.78 is 11.4. The maximum atomic E-state index is 6.38. The van der Waals surface area contributed by atoms with Gasteiger partial charge in [0, 0.05) is 36.5 Å². The molecule has 8 heteroatoms. The van der Waals surface area contributed by atoms with Gasteiger partial charge in [0.15, 0.2) is 5.82 Å². The Balaban J connectivity index is 1.57. The lowest BCUT2D eigenvalue weighted by atomic mass is 10.1. The Morgan fingerprint density at radius 1 is 1.15 bits per heavy atom. The van der Waals surface area contributed by atoms with Gasteiger partial charge in [0.05, 0.1) is 28.5 Å². The number of hydrogen-bond acceptors (Lipinski definition) is 7. The van der Waals surface area contributed by atoms with Crippen LogP contribution in [0.5, 0.6) is 5.75 Å². The average molecular weight is 462 g/mol. The van der Waals surface area contributed by atoms with Crippen LogP contribution in [0.1, 0.15) is 12.7 Å². The van der Waals surface area contributed by atoms with Crippen molar-refractivity contribution in [1.29, 1.82) is 0 Å². The van der Waals surface area contributed by atoms with E-state index in [1.54, 1.807) is 6.20 Å². The van der Waals surface area contributed by atoms with Crippen molar-refractivity contribution in [2.75, 3.05) is 37.0 Å². The van der Waals surface area contributed by atoms with E-state index in [9.17, 15) is 0 Å². The van der Waals surface area contributed by atoms with Crippen LogP contribution in [0.15, 0.2) is 54.7 Å². The van der Waals surface area contributed by atoms with Gasteiger partial charge in [0.25, 0.3) is 0 Å². The van der Waals surface area contributed by atoms with Crippen molar-refractivity contribution < 1.29 is 9.47 Å². The SMILES string of the molecule is CCOCc1nc(Nc2ccc3c(c2)N(C)CCO3)c2ccc(-c3ncccc3Cl)cc2n1. The third-order valence-electron chi connectivity index (χ3n) is 5.53. The van der Waals surface area contributed by atoms with Crippen molar-refractivity contribution >= 4 is 39.7 Å². The molecule has 0 bridgehead atoms. The highest BCUT2D eigenvalue weighted by Crippen LogP contribution is 2.35. The Morgan fingerprint density at radius 3 is 2.91 bits per heavy atom. The number of ether oxygens (including phenoxy) is 2. The molecule has 0 saturated carbocycles. The zero-order chi connectivity index (χ0) is 22.8. The molecule has 0 spiro atoms. The Labute approximate surface area is 197 Å². The van der Waals surface area contributed by atoms with Gasteiger partial charge in [-0.3, -0.25) is 4.98 Å². The number of fused-ring (bicyclic) bond motifs is 2. The van der Waals surface area contributed by atoms with Gasteiger partial charge in [-0.1, -0.05) is 17.7 Å². The molecule has 2 aromatic carbocycles. The Hall–Kier alpha value is -3.42. The summed E-state index contributed by atoms with van der Waals surface area (Å²) in [5, 5.41) is 4.97. The number of benzene rings is 2. The van der Waals surface area contributed by atoms with Gasteiger partial charge in [-0.2, -0.15) is 0 Å². The molecular formula is C25H24ClN5O2. The topological polar surface area (TPSA) is 72.4 Å². The molecule has 1 aliphatic rings. The minimum Gasteiger partial charge on any atom is -0.490 e. The summed E-state index contributed by atoms with van der Waals surface area (Å²) in [5.41, 5.74) is 4.38. The quantitative estimate of drug-likeness (QED) is 0.409. The van der Waals surface area contributed by atoms with Crippen LogP contribution in [-0.2, 0) is 11.3 Å². The summed E-state index contributed by atoms with van der Waals surface area (Å²) in [6, 6.07) is 15.7. The second kappa shape index (κ2) is 9.21. The van der Waals surface area contributed by atoms with Crippen LogP contribution in [0, 0.1) is 0 Å². The molecule has 0 atom stereocenters. The fourth-order valence-corrected chi connectivity index (χ4v) is 4.07. The van der Waals surface area contributed by atoms with Crippen LogP contribution in [0.3, 0.4) is 0 Å². The lowest BCUT2D eigenvalue weighted by molar-refractivity contribution is 0.128. The van der Waals surface area contributed by atoms with E-state index in [0.717, 1.165) is 45.8 Å². The van der Waals surface area contributed by atoms with E-state index < -0.39 is 0 Å². The third kappa shape index (κ3) is 4.42. The molecule has 5 rings (SSSR count). The zero-order valence-corrected chi connectivity index (χ0v) is 19.3. The van der Waals surface area contributed by atoms with Crippen LogP contribution < -0.4 is 15.0 Å². The first-order valence-corrected chi connectivity index (χ1v) is 11.2. The Kier molecular flexibility index (Phi) is 5.98. The van der Waals surface area contributed by atoms with Crippen molar-refractivity contribution in [2.24, 2.45) is 0 Å². The molecule has 3 heterocycles. The maximum Gasteiger partial charge on any atom is 0.157 e. The molecule has 0 aliphatic carbocycles. The molecule has 2 aromatic heterocycles. The van der Waals surface area contributed by atoms with Crippen LogP contribution in [0.2, 0.25) is 5.02 Å². The summed E-state index contributed by atoms with van der Waals surface area (Å²) in [6.45, 7) is 4.41. The lowest BCUT2D eigenvalue weighted by Crippen LogP contribution is -2.28. The van der Waals surface area contributed by atoms with Crippen molar-refractivity contribution in [3.8, 4) is 17.0 Å². The summed E-state index contributed by atoms with van der Waals surface area (Å²) >= 11 is 6.38. The molecule has 1 N–H and O–H groups in total. The number of likely N-dealkylation sites (N-methyl/N-ethyl adjacent to an activating group) is 1. The largest absolute Gasteiger partial charge is 0.490 e. The van der Waals surface area contributed by atoms with E-state index in [4.69, 9.17) is 31.0 Å². The number of pyridine rings is 1. The van der Waals surface area contributed by atoms with Gasteiger partial charge < -0.3 is 19.7 Å². The molecular weight excluding hydrogens is 438 g/mol. The minimum absolute atomic E-state index is 0.330. The predicted molar refractivity (Wildman–Crippen MR) is 132 cm³/mol. The molecule has 0 saturated heterocycles. The molecule has 1 aliphatic heterocycles. The second-order valence-electron chi connectivity index (χ2n) is 7.77. The number of nitrogens with one attached hydrogen (secondary N) is 1. The average Bonchev–Trinajstić information content (AvgIpc) is 2.83. The summed E-state index contributed by atoms with van der Waals surface area (Å²) in [7, 11) is 2.07. The molecule has 0 unspecified atom stereocenters. The van der Waals surface area contributed by atoms with E-state index in [2.05, 4.69) is 28.3 Å². The van der Waals surface area contributed by atoms with Gasteiger partial charge in [0.2, 0.25) is 0 Å². The van der Waals surface area contributed by atoms with E-state index in [1.807, 2.05) is 49.4 Å².